The molecule has 4 heteroatoms. The van der Waals surface area contributed by atoms with Gasteiger partial charge in [-0.05, 0) is 101 Å². The Kier molecular flexibility index (Phi) is 15.2. The van der Waals surface area contributed by atoms with Crippen molar-refractivity contribution in [1.29, 1.82) is 0 Å². The normalized spacial score (nSPS) is 29.1. The quantitative estimate of drug-likeness (QED) is 0.296. The molecular formula is C34H62N2O2. The predicted octanol–water partition coefficient (Wildman–Crippen LogP) is 8.86. The molecule has 4 aliphatic carbocycles. The first kappa shape index (κ1) is 31.5. The summed E-state index contributed by atoms with van der Waals surface area (Å²) in [5, 5.41) is 6.41. The zero-order chi connectivity index (χ0) is 27.0. The van der Waals surface area contributed by atoms with Gasteiger partial charge in [0.15, 0.2) is 0 Å². The van der Waals surface area contributed by atoms with Crippen molar-refractivity contribution in [2.45, 2.75) is 180 Å². The molecule has 0 aromatic heterocycles. The van der Waals surface area contributed by atoms with E-state index in [0.29, 0.717) is 24.9 Å². The summed E-state index contributed by atoms with van der Waals surface area (Å²) in [6.07, 6.45) is 31.2. The molecule has 2 N–H and O–H groups in total. The van der Waals surface area contributed by atoms with E-state index in [-0.39, 0.29) is 11.8 Å². The smallest absolute Gasteiger partial charge is 0.220 e. The number of hydrogen-bond acceptors (Lipinski definition) is 2. The molecule has 4 fully saturated rings. The van der Waals surface area contributed by atoms with Crippen LogP contribution in [0.1, 0.15) is 168 Å². The van der Waals surface area contributed by atoms with Gasteiger partial charge in [-0.25, -0.2) is 0 Å². The molecule has 0 saturated heterocycles. The highest BCUT2D eigenvalue weighted by Gasteiger charge is 2.26. The summed E-state index contributed by atoms with van der Waals surface area (Å²) in [4.78, 5) is 23.2. The Balaban J connectivity index is 0.000000211. The maximum Gasteiger partial charge on any atom is 0.220 e. The fourth-order valence-electron chi connectivity index (χ4n) is 7.93. The molecule has 0 aromatic rings. The average molecular weight is 531 g/mol. The standard InChI is InChI=1S/2C17H31NO/c2*1-2-6-17(19)18-16-11-9-15(10-12-16)13-14-7-4-3-5-8-14/h2*14-16H,2-13H2,1H3,(H,18,19). The van der Waals surface area contributed by atoms with Crippen molar-refractivity contribution in [2.24, 2.45) is 23.7 Å². The van der Waals surface area contributed by atoms with E-state index in [2.05, 4.69) is 24.5 Å². The molecule has 0 unspecified atom stereocenters. The van der Waals surface area contributed by atoms with Gasteiger partial charge >= 0.3 is 0 Å². The predicted molar refractivity (Wildman–Crippen MR) is 160 cm³/mol. The molecule has 2 amide bonds. The summed E-state index contributed by atoms with van der Waals surface area (Å²) < 4.78 is 0. The largest absolute Gasteiger partial charge is 0.353 e. The zero-order valence-electron chi connectivity index (χ0n) is 25.3. The first-order chi connectivity index (χ1) is 18.6. The minimum Gasteiger partial charge on any atom is -0.353 e. The summed E-state index contributed by atoms with van der Waals surface area (Å²) in [7, 11) is 0. The minimum absolute atomic E-state index is 0.262. The van der Waals surface area contributed by atoms with Crippen LogP contribution in [-0.4, -0.2) is 23.9 Å². The van der Waals surface area contributed by atoms with Gasteiger partial charge in [0.2, 0.25) is 11.8 Å². The van der Waals surface area contributed by atoms with E-state index in [0.717, 1.165) is 36.5 Å². The number of hydrogen-bond donors (Lipinski definition) is 2. The maximum atomic E-state index is 11.6. The Labute approximate surface area is 235 Å². The molecule has 0 aliphatic heterocycles. The van der Waals surface area contributed by atoms with Gasteiger partial charge in [-0.1, -0.05) is 78.1 Å². The summed E-state index contributed by atoms with van der Waals surface area (Å²) in [5.74, 6) is 4.45. The van der Waals surface area contributed by atoms with Crippen molar-refractivity contribution in [3.05, 3.63) is 0 Å². The molecule has 4 rings (SSSR count). The third-order valence-corrected chi connectivity index (χ3v) is 10.2. The highest BCUT2D eigenvalue weighted by Crippen LogP contribution is 2.36. The van der Waals surface area contributed by atoms with Crippen LogP contribution in [0, 0.1) is 23.7 Å². The Morgan fingerprint density at radius 2 is 0.789 bits per heavy atom. The summed E-state index contributed by atoms with van der Waals surface area (Å²) in [6, 6.07) is 0.948. The van der Waals surface area contributed by atoms with E-state index >= 15 is 0 Å². The highest BCUT2D eigenvalue weighted by atomic mass is 16.2. The maximum absolute atomic E-state index is 11.6. The van der Waals surface area contributed by atoms with Crippen LogP contribution in [0.5, 0.6) is 0 Å². The number of carbonyl (C=O) groups is 2. The molecule has 4 nitrogen and oxygen atoms in total. The Morgan fingerprint density at radius 1 is 0.474 bits per heavy atom. The molecular weight excluding hydrogens is 468 g/mol. The second kappa shape index (κ2) is 18.3. The van der Waals surface area contributed by atoms with Crippen LogP contribution in [0.25, 0.3) is 0 Å². The Bertz CT molecular complexity index is 581. The van der Waals surface area contributed by atoms with Gasteiger partial charge in [0, 0.05) is 24.9 Å². The van der Waals surface area contributed by atoms with Gasteiger partial charge in [0.25, 0.3) is 0 Å². The second-order valence-electron chi connectivity index (χ2n) is 13.5. The van der Waals surface area contributed by atoms with Gasteiger partial charge in [0.1, 0.15) is 0 Å². The van der Waals surface area contributed by atoms with Gasteiger partial charge in [0.05, 0.1) is 0 Å². The van der Waals surface area contributed by atoms with Crippen molar-refractivity contribution in [2.75, 3.05) is 0 Å². The SMILES string of the molecule is CCCC(=O)NC1CCC(CC2CCCCC2)CC1.CCCC(=O)NC1CCC(CC2CCCCC2)CC1. The van der Waals surface area contributed by atoms with Crippen LogP contribution in [-0.2, 0) is 9.59 Å². The summed E-state index contributed by atoms with van der Waals surface area (Å²) in [5.41, 5.74) is 0. The van der Waals surface area contributed by atoms with E-state index in [1.165, 1.54) is 128 Å². The molecule has 0 bridgehead atoms. The van der Waals surface area contributed by atoms with Gasteiger partial charge in [-0.2, -0.15) is 0 Å². The number of nitrogens with one attached hydrogen (secondary N) is 2. The van der Waals surface area contributed by atoms with Crippen LogP contribution in [0.3, 0.4) is 0 Å². The molecule has 220 valence electrons. The van der Waals surface area contributed by atoms with E-state index < -0.39 is 0 Å². The first-order valence-corrected chi connectivity index (χ1v) is 17.1. The molecule has 4 saturated carbocycles. The molecule has 0 spiro atoms. The second-order valence-corrected chi connectivity index (χ2v) is 13.5. The Morgan fingerprint density at radius 3 is 1.11 bits per heavy atom. The van der Waals surface area contributed by atoms with Crippen LogP contribution in [0.2, 0.25) is 0 Å². The molecule has 0 heterocycles. The fourth-order valence-corrected chi connectivity index (χ4v) is 7.93. The van der Waals surface area contributed by atoms with Crippen molar-refractivity contribution in [1.82, 2.24) is 10.6 Å². The van der Waals surface area contributed by atoms with Crippen LogP contribution in [0.15, 0.2) is 0 Å². The van der Waals surface area contributed by atoms with Crippen molar-refractivity contribution in [3.8, 4) is 0 Å². The fraction of sp³-hybridized carbons (Fsp3) is 0.941. The lowest BCUT2D eigenvalue weighted by Crippen LogP contribution is -2.37. The van der Waals surface area contributed by atoms with Crippen LogP contribution >= 0.6 is 0 Å². The summed E-state index contributed by atoms with van der Waals surface area (Å²) >= 11 is 0. The van der Waals surface area contributed by atoms with E-state index in [1.807, 2.05) is 0 Å². The molecule has 4 aliphatic rings. The number of amides is 2. The van der Waals surface area contributed by atoms with E-state index in [1.54, 1.807) is 0 Å². The van der Waals surface area contributed by atoms with Crippen molar-refractivity contribution < 1.29 is 9.59 Å². The molecule has 0 radical (unpaired) electrons. The first-order valence-electron chi connectivity index (χ1n) is 17.1. The third kappa shape index (κ3) is 12.4. The average Bonchev–Trinajstić information content (AvgIpc) is 2.93. The lowest BCUT2D eigenvalue weighted by molar-refractivity contribution is -0.123. The van der Waals surface area contributed by atoms with Crippen molar-refractivity contribution in [3.63, 3.8) is 0 Å². The Hall–Kier alpha value is -1.06. The topological polar surface area (TPSA) is 58.2 Å². The van der Waals surface area contributed by atoms with Crippen LogP contribution < -0.4 is 10.6 Å². The monoisotopic (exact) mass is 530 g/mol. The number of carbonyl (C=O) groups excluding carboxylic acids is 2. The lowest BCUT2D eigenvalue weighted by atomic mass is 9.76. The molecule has 0 atom stereocenters. The van der Waals surface area contributed by atoms with Gasteiger partial charge < -0.3 is 10.6 Å². The molecule has 38 heavy (non-hydrogen) atoms. The van der Waals surface area contributed by atoms with Crippen LogP contribution in [0.4, 0.5) is 0 Å². The van der Waals surface area contributed by atoms with E-state index in [9.17, 15) is 9.59 Å². The van der Waals surface area contributed by atoms with Gasteiger partial charge in [-0.15, -0.1) is 0 Å². The van der Waals surface area contributed by atoms with Crippen molar-refractivity contribution >= 4 is 11.8 Å². The van der Waals surface area contributed by atoms with Gasteiger partial charge in [-0.3, -0.25) is 9.59 Å². The minimum atomic E-state index is 0.262. The summed E-state index contributed by atoms with van der Waals surface area (Å²) in [6.45, 7) is 4.14. The lowest BCUT2D eigenvalue weighted by Gasteiger charge is -2.32. The van der Waals surface area contributed by atoms with E-state index in [4.69, 9.17) is 0 Å². The molecule has 0 aromatic carbocycles. The third-order valence-electron chi connectivity index (χ3n) is 10.2. The highest BCUT2D eigenvalue weighted by molar-refractivity contribution is 5.76. The number of rotatable bonds is 10. The zero-order valence-corrected chi connectivity index (χ0v) is 25.3.